The number of aryl methyl sites for hydroxylation is 1. The van der Waals surface area contributed by atoms with Gasteiger partial charge in [-0.1, -0.05) is 11.6 Å². The number of nitrogens with two attached hydrogens (primary N) is 1. The first-order chi connectivity index (χ1) is 25.7. The quantitative estimate of drug-likeness (QED) is 0.148. The molecular formula is C38H37ClF6N6O2S. The van der Waals surface area contributed by atoms with Crippen molar-refractivity contribution in [3.63, 3.8) is 0 Å². The molecule has 2 unspecified atom stereocenters. The van der Waals surface area contributed by atoms with E-state index in [1.807, 2.05) is 4.90 Å². The Morgan fingerprint density at radius 1 is 1.13 bits per heavy atom. The molecule has 4 aliphatic rings. The molecule has 16 heteroatoms. The Labute approximate surface area is 316 Å². The summed E-state index contributed by atoms with van der Waals surface area (Å²) in [5, 5.41) is 2.00. The van der Waals surface area contributed by atoms with Crippen LogP contribution in [-0.2, 0) is 11.0 Å². The fourth-order valence-corrected chi connectivity index (χ4v) is 9.92. The number of anilines is 2. The monoisotopic (exact) mass is 790 g/mol. The number of nitrogens with zero attached hydrogens (tertiary/aromatic N) is 5. The van der Waals surface area contributed by atoms with Crippen LogP contribution in [0.5, 0.6) is 5.75 Å². The van der Waals surface area contributed by atoms with E-state index in [9.17, 15) is 22.4 Å². The smallest absolute Gasteiger partial charge is 0.418 e. The van der Waals surface area contributed by atoms with Gasteiger partial charge in [0.2, 0.25) is 0 Å². The summed E-state index contributed by atoms with van der Waals surface area (Å²) in [5.74, 6) is -2.68. The number of carbonyl (C=O) groups is 1. The van der Waals surface area contributed by atoms with Gasteiger partial charge in [-0.05, 0) is 69.3 Å². The maximum Gasteiger partial charge on any atom is 0.418 e. The first-order valence-electron chi connectivity index (χ1n) is 17.9. The predicted molar refractivity (Wildman–Crippen MR) is 197 cm³/mol. The summed E-state index contributed by atoms with van der Waals surface area (Å²) in [6.07, 6.45) is 0.694. The molecule has 8 nitrogen and oxygen atoms in total. The van der Waals surface area contributed by atoms with Crippen LogP contribution in [0.2, 0.25) is 5.02 Å². The topological polar surface area (TPSA) is 87.8 Å². The number of amides is 1. The fourth-order valence-electron chi connectivity index (χ4n) is 9.08. The van der Waals surface area contributed by atoms with Crippen molar-refractivity contribution in [1.82, 2.24) is 19.8 Å². The average molecular weight is 791 g/mol. The van der Waals surface area contributed by atoms with E-state index in [0.29, 0.717) is 41.9 Å². The summed E-state index contributed by atoms with van der Waals surface area (Å²) in [5.41, 5.74) is 3.17. The van der Waals surface area contributed by atoms with Gasteiger partial charge in [0, 0.05) is 78.3 Å². The minimum atomic E-state index is -4.90. The molecule has 0 radical (unpaired) electrons. The average Bonchev–Trinajstić information content (AvgIpc) is 3.82. The zero-order valence-electron chi connectivity index (χ0n) is 29.2. The third-order valence-electron chi connectivity index (χ3n) is 11.3. The fraction of sp³-hybridized carbons (Fsp3) is 0.447. The van der Waals surface area contributed by atoms with Crippen molar-refractivity contribution in [2.24, 2.45) is 0 Å². The minimum Gasteiger partial charge on any atom is -0.492 e. The van der Waals surface area contributed by atoms with E-state index in [2.05, 4.69) is 14.9 Å². The van der Waals surface area contributed by atoms with Gasteiger partial charge in [-0.2, -0.15) is 13.2 Å². The summed E-state index contributed by atoms with van der Waals surface area (Å²) >= 11 is 7.92. The highest BCUT2D eigenvalue weighted by Crippen LogP contribution is 2.47. The van der Waals surface area contributed by atoms with Gasteiger partial charge in [-0.3, -0.25) is 9.69 Å². The summed E-state index contributed by atoms with van der Waals surface area (Å²) in [4.78, 5) is 27.1. The number of piperazine rings is 1. The largest absolute Gasteiger partial charge is 0.492 e. The van der Waals surface area contributed by atoms with Crippen molar-refractivity contribution in [3.05, 3.63) is 68.6 Å². The minimum absolute atomic E-state index is 0.0615. The number of hydrogen-bond donors (Lipinski definition) is 1. The highest BCUT2D eigenvalue weighted by atomic mass is 35.5. The standard InChI is InChI=1S/C38H37ClF6N6O2S/c1-20-10-30(46)48-35(33(20)38(43,44)45)32-27(39)13-25-26(34(32)42)11-24(53-19-37-6-3-8-50(37)16-21(40)15-37)12-29(25)49-17-22-4-2-5-23(18-49)51(22)36(52)28(41)14-31-47-7-9-54-31/h7,9-14,21-23H,2-6,8,15-19H2,1H3,(H2,46,48)/b28-14-/t21-,22?,23?,37-/m1/s1. The number of hydrogen-bond acceptors (Lipinski definition) is 8. The molecule has 2 bridgehead atoms. The molecule has 2 N–H and O–H groups in total. The number of piperidine rings is 1. The summed E-state index contributed by atoms with van der Waals surface area (Å²) < 4.78 is 96.7. The number of rotatable bonds is 7. The number of halogens is 7. The third-order valence-corrected chi connectivity index (χ3v) is 12.3. The molecule has 2 aromatic carbocycles. The van der Waals surface area contributed by atoms with Crippen LogP contribution < -0.4 is 15.4 Å². The molecule has 0 spiro atoms. The van der Waals surface area contributed by atoms with Gasteiger partial charge in [0.1, 0.15) is 35.2 Å². The lowest BCUT2D eigenvalue weighted by Crippen LogP contribution is -2.62. The van der Waals surface area contributed by atoms with Crippen LogP contribution in [-0.4, -0.2) is 82.3 Å². The van der Waals surface area contributed by atoms with Gasteiger partial charge < -0.3 is 20.3 Å². The Morgan fingerprint density at radius 2 is 1.89 bits per heavy atom. The second-order valence-corrected chi connectivity index (χ2v) is 16.1. The number of aromatic nitrogens is 2. The summed E-state index contributed by atoms with van der Waals surface area (Å²) in [6.45, 7) is 2.93. The molecule has 4 saturated heterocycles. The van der Waals surface area contributed by atoms with Crippen LogP contribution in [0, 0.1) is 12.7 Å². The van der Waals surface area contributed by atoms with Gasteiger partial charge >= 0.3 is 6.18 Å². The molecule has 286 valence electrons. The Bertz CT molecular complexity index is 2140. The molecule has 0 saturated carbocycles. The van der Waals surface area contributed by atoms with Crippen molar-refractivity contribution in [2.45, 2.75) is 75.4 Å². The molecule has 4 aromatic rings. The molecule has 54 heavy (non-hydrogen) atoms. The van der Waals surface area contributed by atoms with E-state index in [4.69, 9.17) is 22.1 Å². The first kappa shape index (κ1) is 36.9. The number of thiazole rings is 1. The summed E-state index contributed by atoms with van der Waals surface area (Å²) in [6, 6.07) is 4.87. The van der Waals surface area contributed by atoms with Gasteiger partial charge in [-0.25, -0.2) is 23.1 Å². The number of carbonyl (C=O) groups excluding carboxylic acids is 1. The SMILES string of the molecule is Cc1cc(N)nc(-c2c(Cl)cc3c(N4CC5CCCC(C4)N5C(=O)/C(F)=C/c4nccs4)cc(OC[C@]45CCCN4C[C@H](F)C5)cc3c2F)c1C(F)(F)F. The van der Waals surface area contributed by atoms with Crippen LogP contribution in [0.15, 0.2) is 41.7 Å². The lowest BCUT2D eigenvalue weighted by molar-refractivity contribution is -0.138. The van der Waals surface area contributed by atoms with Gasteiger partial charge in [0.05, 0.1) is 27.4 Å². The van der Waals surface area contributed by atoms with E-state index >= 15 is 8.78 Å². The number of benzene rings is 2. The predicted octanol–water partition coefficient (Wildman–Crippen LogP) is 8.60. The molecule has 8 rings (SSSR count). The van der Waals surface area contributed by atoms with Crippen molar-refractivity contribution in [2.75, 3.05) is 43.4 Å². The molecule has 4 aliphatic heterocycles. The van der Waals surface area contributed by atoms with Crippen LogP contribution in [0.1, 0.15) is 54.7 Å². The summed E-state index contributed by atoms with van der Waals surface area (Å²) in [7, 11) is 0. The maximum atomic E-state index is 17.1. The molecule has 1 amide bonds. The van der Waals surface area contributed by atoms with Crippen LogP contribution >= 0.6 is 22.9 Å². The van der Waals surface area contributed by atoms with Crippen LogP contribution in [0.3, 0.4) is 0 Å². The number of fused-ring (bicyclic) bond motifs is 4. The highest BCUT2D eigenvalue weighted by molar-refractivity contribution is 7.10. The highest BCUT2D eigenvalue weighted by Gasteiger charge is 2.49. The molecule has 6 heterocycles. The third kappa shape index (κ3) is 6.55. The van der Waals surface area contributed by atoms with E-state index in [0.717, 1.165) is 37.9 Å². The second kappa shape index (κ2) is 13.9. The van der Waals surface area contributed by atoms with Crippen molar-refractivity contribution >= 4 is 57.2 Å². The lowest BCUT2D eigenvalue weighted by Gasteiger charge is -2.50. The Hall–Kier alpha value is -4.08. The van der Waals surface area contributed by atoms with Gasteiger partial charge in [-0.15, -0.1) is 11.3 Å². The Balaban J connectivity index is 1.22. The van der Waals surface area contributed by atoms with E-state index in [1.165, 1.54) is 36.6 Å². The zero-order chi connectivity index (χ0) is 38.1. The number of ether oxygens (including phenoxy) is 1. The van der Waals surface area contributed by atoms with Gasteiger partial charge in [0.25, 0.3) is 5.91 Å². The first-order valence-corrected chi connectivity index (χ1v) is 19.1. The number of pyridine rings is 1. The van der Waals surface area contributed by atoms with Crippen molar-refractivity contribution in [1.29, 1.82) is 0 Å². The Kier molecular flexibility index (Phi) is 9.49. The van der Waals surface area contributed by atoms with E-state index in [-0.39, 0.29) is 59.3 Å². The molecule has 4 atom stereocenters. The normalized spacial score (nSPS) is 24.7. The molecule has 2 aromatic heterocycles. The lowest BCUT2D eigenvalue weighted by atomic mass is 9.90. The molecular weight excluding hydrogens is 754 g/mol. The number of alkyl halides is 4. The van der Waals surface area contributed by atoms with Crippen LogP contribution in [0.25, 0.3) is 28.1 Å². The van der Waals surface area contributed by atoms with Crippen molar-refractivity contribution in [3.8, 4) is 17.0 Å². The van der Waals surface area contributed by atoms with Gasteiger partial charge in [0.15, 0.2) is 5.83 Å². The maximum absolute atomic E-state index is 17.1. The Morgan fingerprint density at radius 3 is 2.59 bits per heavy atom. The van der Waals surface area contributed by atoms with E-state index in [1.54, 1.807) is 16.3 Å². The zero-order valence-corrected chi connectivity index (χ0v) is 30.8. The second-order valence-electron chi connectivity index (χ2n) is 14.8. The van der Waals surface area contributed by atoms with Crippen molar-refractivity contribution < 1.29 is 35.9 Å². The number of nitrogen functional groups attached to an aromatic ring is 1. The van der Waals surface area contributed by atoms with E-state index < -0.39 is 52.3 Å². The molecule has 0 aliphatic carbocycles. The molecule has 4 fully saturated rings. The van der Waals surface area contributed by atoms with Crippen LogP contribution in [0.4, 0.5) is 37.8 Å².